The number of aryl methyl sites for hydroxylation is 1. The number of carbonyl (C=O) groups excluding carboxylic acids is 1. The normalized spacial score (nSPS) is 13.1. The fourth-order valence-corrected chi connectivity index (χ4v) is 4.36. The lowest BCUT2D eigenvalue weighted by Gasteiger charge is -2.21. The first kappa shape index (κ1) is 21.8. The van der Waals surface area contributed by atoms with Gasteiger partial charge in [-0.05, 0) is 42.3 Å². The van der Waals surface area contributed by atoms with Crippen LogP contribution in [0.2, 0.25) is 10.0 Å². The molecule has 1 aromatic carbocycles. The molecule has 2 N–H and O–H groups in total. The van der Waals surface area contributed by atoms with Crippen LogP contribution in [0.1, 0.15) is 37.5 Å². The van der Waals surface area contributed by atoms with Crippen LogP contribution in [0.25, 0.3) is 0 Å². The Labute approximate surface area is 183 Å². The molecule has 2 atom stereocenters. The number of benzene rings is 1. The number of hydrogen-bond donors (Lipinski definition) is 2. The van der Waals surface area contributed by atoms with Crippen molar-refractivity contribution in [3.63, 3.8) is 0 Å². The van der Waals surface area contributed by atoms with Gasteiger partial charge in [0.15, 0.2) is 0 Å². The standard InChI is InChI=1S/C18H16Cl2N4O3S2/c1-10-21-8-15(28-10)9-23-18(25)16-3-2-11(7-22-16)17(24-29(26)27)12-4-13(19)6-14(20)5-12/h2-8,17,24H,9H2,1H3,(H,23,25)(H,26,27)/p-1. The quantitative estimate of drug-likeness (QED) is 0.514. The van der Waals surface area contributed by atoms with Gasteiger partial charge in [-0.25, -0.2) is 9.71 Å². The Kier molecular flexibility index (Phi) is 7.33. The van der Waals surface area contributed by atoms with Crippen LogP contribution in [-0.4, -0.2) is 24.6 Å². The molecule has 0 aliphatic heterocycles. The van der Waals surface area contributed by atoms with E-state index >= 15 is 0 Å². The predicted molar refractivity (Wildman–Crippen MR) is 113 cm³/mol. The summed E-state index contributed by atoms with van der Waals surface area (Å²) in [4.78, 5) is 21.5. The molecule has 3 rings (SSSR count). The topological polar surface area (TPSA) is 107 Å². The van der Waals surface area contributed by atoms with Gasteiger partial charge in [-0.15, -0.1) is 11.3 Å². The van der Waals surface area contributed by atoms with Crippen molar-refractivity contribution in [2.24, 2.45) is 0 Å². The van der Waals surface area contributed by atoms with Crippen molar-refractivity contribution >= 4 is 51.7 Å². The molecule has 0 bridgehead atoms. The van der Waals surface area contributed by atoms with Gasteiger partial charge in [0.05, 0.1) is 17.6 Å². The third-order valence-electron chi connectivity index (χ3n) is 3.88. The smallest absolute Gasteiger partial charge is 0.270 e. The molecular formula is C18H15Cl2N4O3S2-. The Bertz CT molecular complexity index is 1020. The predicted octanol–water partition coefficient (Wildman–Crippen LogP) is 3.56. The molecule has 0 saturated heterocycles. The molecule has 1 amide bonds. The van der Waals surface area contributed by atoms with Crippen molar-refractivity contribution in [3.8, 4) is 0 Å². The van der Waals surface area contributed by atoms with Crippen LogP contribution in [0.3, 0.4) is 0 Å². The van der Waals surface area contributed by atoms with Crippen LogP contribution in [0.4, 0.5) is 0 Å². The van der Waals surface area contributed by atoms with Crippen LogP contribution in [0.5, 0.6) is 0 Å². The van der Waals surface area contributed by atoms with Crippen molar-refractivity contribution in [2.75, 3.05) is 0 Å². The molecule has 3 aromatic rings. The molecule has 11 heteroatoms. The highest BCUT2D eigenvalue weighted by Crippen LogP contribution is 2.28. The molecule has 2 unspecified atom stereocenters. The van der Waals surface area contributed by atoms with E-state index in [4.69, 9.17) is 23.2 Å². The fraction of sp³-hybridized carbons (Fsp3) is 0.167. The number of aromatic nitrogens is 2. The highest BCUT2D eigenvalue weighted by atomic mass is 35.5. The van der Waals surface area contributed by atoms with Crippen molar-refractivity contribution in [2.45, 2.75) is 19.5 Å². The first-order valence-electron chi connectivity index (χ1n) is 8.28. The summed E-state index contributed by atoms with van der Waals surface area (Å²) in [5.41, 5.74) is 1.29. The van der Waals surface area contributed by atoms with E-state index in [-0.39, 0.29) is 11.6 Å². The number of thiazole rings is 1. The molecule has 0 saturated carbocycles. The van der Waals surface area contributed by atoms with Gasteiger partial charge < -0.3 is 9.87 Å². The number of halogens is 2. The van der Waals surface area contributed by atoms with Crippen LogP contribution < -0.4 is 10.0 Å². The third kappa shape index (κ3) is 6.05. The van der Waals surface area contributed by atoms with E-state index in [0.717, 1.165) is 9.88 Å². The first-order valence-corrected chi connectivity index (χ1v) is 10.9. The number of amides is 1. The molecule has 152 valence electrons. The Hall–Kier alpha value is -1.88. The monoisotopic (exact) mass is 469 g/mol. The van der Waals surface area contributed by atoms with Gasteiger partial charge in [0.1, 0.15) is 5.69 Å². The molecule has 0 fully saturated rings. The van der Waals surface area contributed by atoms with Crippen LogP contribution in [0.15, 0.2) is 42.7 Å². The van der Waals surface area contributed by atoms with Crippen LogP contribution in [-0.2, 0) is 17.8 Å². The van der Waals surface area contributed by atoms with E-state index in [2.05, 4.69) is 20.0 Å². The summed E-state index contributed by atoms with van der Waals surface area (Å²) in [7, 11) is 0. The lowest BCUT2D eigenvalue weighted by atomic mass is 10.0. The minimum Gasteiger partial charge on any atom is -0.760 e. The van der Waals surface area contributed by atoms with Crippen molar-refractivity contribution < 1.29 is 13.6 Å². The van der Waals surface area contributed by atoms with E-state index in [1.807, 2.05) is 6.92 Å². The highest BCUT2D eigenvalue weighted by Gasteiger charge is 2.17. The number of hydrogen-bond acceptors (Lipinski definition) is 6. The second-order valence-electron chi connectivity index (χ2n) is 5.99. The number of pyridine rings is 1. The molecule has 7 nitrogen and oxygen atoms in total. The zero-order valence-electron chi connectivity index (χ0n) is 15.0. The molecule has 2 heterocycles. The lowest BCUT2D eigenvalue weighted by molar-refractivity contribution is 0.0946. The van der Waals surface area contributed by atoms with Crippen molar-refractivity contribution in [1.82, 2.24) is 20.0 Å². The number of carbonyl (C=O) groups is 1. The SMILES string of the molecule is Cc1ncc(CNC(=O)c2ccc(C(NS(=O)[O-])c3cc(Cl)cc(Cl)c3)cn2)s1. The summed E-state index contributed by atoms with van der Waals surface area (Å²) in [6.45, 7) is 2.25. The van der Waals surface area contributed by atoms with Gasteiger partial charge in [0, 0.05) is 38.6 Å². The average molecular weight is 470 g/mol. The summed E-state index contributed by atoms with van der Waals surface area (Å²) >= 11 is 11.0. The average Bonchev–Trinajstić information content (AvgIpc) is 3.08. The van der Waals surface area contributed by atoms with E-state index in [9.17, 15) is 13.6 Å². The Morgan fingerprint density at radius 3 is 2.45 bits per heavy atom. The fourth-order valence-electron chi connectivity index (χ4n) is 2.62. The van der Waals surface area contributed by atoms with Gasteiger partial charge in [-0.3, -0.25) is 14.0 Å². The minimum absolute atomic E-state index is 0.209. The van der Waals surface area contributed by atoms with Crippen LogP contribution in [0, 0.1) is 6.92 Å². The lowest BCUT2D eigenvalue weighted by Crippen LogP contribution is -2.26. The number of nitrogens with one attached hydrogen (secondary N) is 2. The minimum atomic E-state index is -2.54. The molecule has 0 aliphatic rings. The molecule has 0 radical (unpaired) electrons. The molecule has 2 aromatic heterocycles. The summed E-state index contributed by atoms with van der Waals surface area (Å²) in [5, 5.41) is 4.45. The molecular weight excluding hydrogens is 455 g/mol. The van der Waals surface area contributed by atoms with Gasteiger partial charge >= 0.3 is 0 Å². The summed E-state index contributed by atoms with van der Waals surface area (Å²) in [6, 6.07) is 7.16. The first-order chi connectivity index (χ1) is 13.8. The van der Waals surface area contributed by atoms with Crippen molar-refractivity contribution in [3.05, 3.63) is 79.5 Å². The van der Waals surface area contributed by atoms with E-state index in [0.29, 0.717) is 27.7 Å². The van der Waals surface area contributed by atoms with E-state index < -0.39 is 17.3 Å². The Morgan fingerprint density at radius 2 is 1.90 bits per heavy atom. The number of rotatable bonds is 7. The molecule has 29 heavy (non-hydrogen) atoms. The summed E-state index contributed by atoms with van der Waals surface area (Å²) < 4.78 is 24.9. The maximum Gasteiger partial charge on any atom is 0.270 e. The largest absolute Gasteiger partial charge is 0.760 e. The third-order valence-corrected chi connectivity index (χ3v) is 5.65. The van der Waals surface area contributed by atoms with Gasteiger partial charge in [-0.2, -0.15) is 0 Å². The number of nitrogens with zero attached hydrogens (tertiary/aromatic N) is 2. The Morgan fingerprint density at radius 1 is 1.17 bits per heavy atom. The zero-order valence-corrected chi connectivity index (χ0v) is 18.2. The molecule has 0 spiro atoms. The van der Waals surface area contributed by atoms with Gasteiger partial charge in [0.2, 0.25) is 0 Å². The maximum absolute atomic E-state index is 12.3. The summed E-state index contributed by atoms with van der Waals surface area (Å²) in [5.74, 6) is -0.342. The Balaban J connectivity index is 1.77. The van der Waals surface area contributed by atoms with Crippen LogP contribution >= 0.6 is 34.5 Å². The maximum atomic E-state index is 12.3. The second-order valence-corrected chi connectivity index (χ2v) is 8.89. The van der Waals surface area contributed by atoms with Crippen molar-refractivity contribution in [1.29, 1.82) is 0 Å². The highest BCUT2D eigenvalue weighted by molar-refractivity contribution is 7.77. The van der Waals surface area contributed by atoms with E-state index in [1.165, 1.54) is 23.6 Å². The molecule has 0 aliphatic carbocycles. The van der Waals surface area contributed by atoms with Gasteiger partial charge in [-0.1, -0.05) is 29.3 Å². The van der Waals surface area contributed by atoms with Gasteiger partial charge in [0.25, 0.3) is 5.91 Å². The summed E-state index contributed by atoms with van der Waals surface area (Å²) in [6.07, 6.45) is 3.15. The second kappa shape index (κ2) is 9.75. The zero-order chi connectivity index (χ0) is 21.0. The van der Waals surface area contributed by atoms with E-state index in [1.54, 1.807) is 30.5 Å².